The maximum absolute atomic E-state index is 6.84. The van der Waals surface area contributed by atoms with E-state index in [1.807, 2.05) is 72.8 Å². The Labute approximate surface area is 500 Å². The first-order valence-electron chi connectivity index (χ1n) is 19.1. The molecule has 1 unspecified atom stereocenters. The van der Waals surface area contributed by atoms with Crippen molar-refractivity contribution in [2.45, 2.75) is 11.4 Å². The van der Waals surface area contributed by atoms with E-state index >= 15 is 0 Å². The summed E-state index contributed by atoms with van der Waals surface area (Å²) in [6.07, 6.45) is 0. The molecule has 21 heteroatoms. The van der Waals surface area contributed by atoms with Crippen LogP contribution in [0.1, 0.15) is 45.0 Å². The van der Waals surface area contributed by atoms with Gasteiger partial charge in [0, 0.05) is 64.9 Å². The van der Waals surface area contributed by atoms with Crippen molar-refractivity contribution in [3.63, 3.8) is 0 Å². The molecule has 4 aromatic carbocycles. The molecular weight excluding hydrogens is 1590 g/mol. The predicted octanol–water partition coefficient (Wildman–Crippen LogP) is 18.1. The fourth-order valence-electron chi connectivity index (χ4n) is 7.70. The summed E-state index contributed by atoms with van der Waals surface area (Å²) in [6.45, 7) is 0. The second kappa shape index (κ2) is 22.7. The predicted molar refractivity (Wildman–Crippen MR) is 304 cm³/mol. The summed E-state index contributed by atoms with van der Waals surface area (Å²) in [6, 6.07) is 29.5. The molecule has 2 aromatic heterocycles. The maximum atomic E-state index is 6.84. The van der Waals surface area contributed by atoms with Gasteiger partial charge in [0.05, 0.1) is 35.0 Å². The van der Waals surface area contributed by atoms with Gasteiger partial charge in [0.2, 0.25) is 5.79 Å². The van der Waals surface area contributed by atoms with E-state index in [1.165, 1.54) is 0 Å². The van der Waals surface area contributed by atoms with Gasteiger partial charge in [-0.1, -0.05) is 164 Å². The molecule has 0 saturated carbocycles. The van der Waals surface area contributed by atoms with Crippen molar-refractivity contribution in [2.75, 3.05) is 21.3 Å². The summed E-state index contributed by atoms with van der Waals surface area (Å²) in [5.74, 6) is -1.46. The van der Waals surface area contributed by atoms with Crippen LogP contribution >= 0.6 is 190 Å². The quantitative estimate of drug-likeness (QED) is 0.0901. The average Bonchev–Trinajstić information content (AvgIpc) is 3.98. The van der Waals surface area contributed by atoms with Crippen molar-refractivity contribution < 1.29 is 33.7 Å². The van der Waals surface area contributed by atoms with Crippen molar-refractivity contribution >= 4 is 211 Å². The van der Waals surface area contributed by atoms with Crippen molar-refractivity contribution in [2.24, 2.45) is 9.98 Å². The number of nitrogens with zero attached hydrogens (tertiary/aromatic N) is 4. The zero-order valence-corrected chi connectivity index (χ0v) is 55.1. The fourth-order valence-corrected chi connectivity index (χ4v) is 12.7. The van der Waals surface area contributed by atoms with Crippen LogP contribution in [0.2, 0.25) is 20.1 Å². The second-order valence-corrected chi connectivity index (χ2v) is 23.2. The third kappa shape index (κ3) is 9.90. The number of hydrogen-bond donors (Lipinski definition) is 0. The van der Waals surface area contributed by atoms with Crippen LogP contribution in [0.3, 0.4) is 0 Å². The summed E-state index contributed by atoms with van der Waals surface area (Å²) < 4.78 is 24.8. The number of allylic oxidation sites excluding steroid dienone is 3. The van der Waals surface area contributed by atoms with Crippen LogP contribution in [0.5, 0.6) is 0 Å². The van der Waals surface area contributed by atoms with Crippen LogP contribution in [-0.2, 0) is 45.1 Å². The van der Waals surface area contributed by atoms with Crippen LogP contribution in [0.4, 0.5) is 0 Å². The van der Waals surface area contributed by atoms with Crippen molar-refractivity contribution in [3.05, 3.63) is 209 Å². The average molecular weight is 1620 g/mol. The van der Waals surface area contributed by atoms with Crippen molar-refractivity contribution in [1.29, 1.82) is 0 Å². The molecule has 6 aromatic rings. The van der Waals surface area contributed by atoms with Crippen LogP contribution in [0.25, 0.3) is 11.1 Å². The smallest absolute Gasteiger partial charge is 0.656 e. The molecule has 7 nitrogen and oxygen atoms in total. The van der Waals surface area contributed by atoms with Gasteiger partial charge in [-0.2, -0.15) is 0 Å². The standard InChI is InChI=1S/C47H25Br9Cl4N4O3.Zn/c1-65-46(22-8-16-26(59)17-9-22,43-35(53)31(49)39(62-43)29(21-6-14-25(58)15-7-21)41-33(51)37(55)45(56)64-41)42-34(52)30(48)38(61-42)28(20-4-12-24(57)13-5-20)40-32(50)36(54)44(63-40)47(66-2,67-3)23-10-18-27(60)19-11-23;/h4-19H,1-3H3;/q-2;+2/b38-28-,41-29-;. The van der Waals surface area contributed by atoms with Gasteiger partial charge in [-0.3, -0.25) is 0 Å². The normalized spacial score (nSPS) is 16.5. The summed E-state index contributed by atoms with van der Waals surface area (Å²) in [7, 11) is 4.72. The first-order chi connectivity index (χ1) is 31.9. The van der Waals surface area contributed by atoms with Gasteiger partial charge in [-0.25, -0.2) is 9.98 Å². The Morgan fingerprint density at radius 3 is 1.25 bits per heavy atom. The number of hydrogen-bond acceptors (Lipinski definition) is 5. The van der Waals surface area contributed by atoms with Gasteiger partial charge >= 0.3 is 19.5 Å². The molecule has 0 aliphatic carbocycles. The molecule has 0 amide bonds. The molecule has 344 valence electrons. The molecule has 68 heavy (non-hydrogen) atoms. The van der Waals surface area contributed by atoms with Gasteiger partial charge in [-0.15, -0.1) is 17.1 Å². The number of rotatable bonds is 12. The third-order valence-electron chi connectivity index (χ3n) is 10.8. The number of aromatic nitrogens is 2. The maximum Gasteiger partial charge on any atom is 2.00 e. The summed E-state index contributed by atoms with van der Waals surface area (Å²) in [5, 5.41) is 2.20. The molecule has 0 saturated heterocycles. The molecule has 2 aliphatic rings. The number of benzene rings is 4. The summed E-state index contributed by atoms with van der Waals surface area (Å²) >= 11 is 60.4. The monoisotopic (exact) mass is 1610 g/mol. The fraction of sp³-hybridized carbons (Fsp3) is 0.106. The van der Waals surface area contributed by atoms with Gasteiger partial charge in [0.15, 0.2) is 0 Å². The van der Waals surface area contributed by atoms with E-state index in [1.54, 1.807) is 45.6 Å². The molecule has 1 atom stereocenters. The number of ether oxygens (including phenoxy) is 3. The van der Waals surface area contributed by atoms with Crippen molar-refractivity contribution in [3.8, 4) is 0 Å². The minimum Gasteiger partial charge on any atom is -0.656 e. The van der Waals surface area contributed by atoms with E-state index in [4.69, 9.17) is 80.6 Å². The van der Waals surface area contributed by atoms with Gasteiger partial charge < -0.3 is 24.2 Å². The first kappa shape index (κ1) is 55.5. The molecule has 0 fully saturated rings. The van der Waals surface area contributed by atoms with Crippen LogP contribution in [-0.4, -0.2) is 31.7 Å². The van der Waals surface area contributed by atoms with Crippen LogP contribution in [0, 0.1) is 0 Å². The minimum absolute atomic E-state index is 0. The Balaban J connectivity index is 0.00000684. The van der Waals surface area contributed by atoms with Crippen LogP contribution in [0.15, 0.2) is 154 Å². The molecule has 4 heterocycles. The van der Waals surface area contributed by atoms with E-state index in [-0.39, 0.29) is 19.5 Å². The number of halogens is 13. The van der Waals surface area contributed by atoms with E-state index in [2.05, 4.69) is 143 Å². The minimum atomic E-state index is -1.53. The Morgan fingerprint density at radius 2 is 0.838 bits per heavy atom. The Hall–Kier alpha value is -0.277. The Morgan fingerprint density at radius 1 is 0.456 bits per heavy atom. The zero-order chi connectivity index (χ0) is 48.3. The van der Waals surface area contributed by atoms with Gasteiger partial charge in [-0.05, 0) is 156 Å². The first-order valence-corrected chi connectivity index (χ1v) is 27.8. The largest absolute Gasteiger partial charge is 2.00 e. The Bertz CT molecular complexity index is 3170. The second-order valence-electron chi connectivity index (χ2n) is 14.4. The third-order valence-corrected chi connectivity index (χ3v) is 21.3. The van der Waals surface area contributed by atoms with E-state index in [0.717, 1.165) is 20.1 Å². The van der Waals surface area contributed by atoms with Gasteiger partial charge in [0.25, 0.3) is 0 Å². The Kier molecular flexibility index (Phi) is 18.5. The molecular formula is C47H25Br9Cl4N4O3Zn. The molecule has 0 N–H and O–H groups in total. The zero-order valence-electron chi connectivity index (χ0n) is 34.9. The summed E-state index contributed by atoms with van der Waals surface area (Å²) in [4.78, 5) is 21.2. The van der Waals surface area contributed by atoms with E-state index < -0.39 is 11.4 Å². The molecule has 0 spiro atoms. The summed E-state index contributed by atoms with van der Waals surface area (Å²) in [5.41, 5.74) is 6.16. The van der Waals surface area contributed by atoms with E-state index in [9.17, 15) is 0 Å². The number of aliphatic imine (C=N–C) groups is 2. The SMILES string of the molecule is COC(OC)(c1ccc(Cl)cc1)c1[n-]c(/C(=C2\N=C(C(OC)(c3ccc(Cl)cc3)c3[n-]c(/C(=C4\N=C(Br)C(Br)=C4Br)c4ccc(Cl)cc4)c(Br)c3Br)C(Br)=C2Br)c2ccc(Cl)cc2)c(Br)c1Br.[Zn+2]. The van der Waals surface area contributed by atoms with Crippen molar-refractivity contribution in [1.82, 2.24) is 9.97 Å². The molecule has 8 rings (SSSR count). The molecule has 0 bridgehead atoms. The van der Waals surface area contributed by atoms with Crippen LogP contribution < -0.4 is 9.97 Å². The van der Waals surface area contributed by atoms with Gasteiger partial charge in [0.1, 0.15) is 10.2 Å². The topological polar surface area (TPSA) is 80.6 Å². The van der Waals surface area contributed by atoms with E-state index in [0.29, 0.717) is 114 Å². The molecule has 0 radical (unpaired) electrons. The number of methoxy groups -OCH3 is 3. The molecule has 2 aliphatic heterocycles.